The molecule has 7 aromatic rings. The molecule has 0 spiro atoms. The van der Waals surface area contributed by atoms with Gasteiger partial charge in [0.2, 0.25) is 11.4 Å². The molecule has 0 bridgehead atoms. The maximum atomic E-state index is 6.93. The average Bonchev–Trinajstić information content (AvgIpc) is 3.70. The molecule has 2 atom stereocenters. The number of hydrogen-bond donors (Lipinski definition) is 0. The summed E-state index contributed by atoms with van der Waals surface area (Å²) in [4.78, 5) is 4.97. The first-order chi connectivity index (χ1) is 27.8. The molecule has 1 fully saturated rings. The fraction of sp³-hybridized carbons (Fsp3) is 0.333. The van der Waals surface area contributed by atoms with Crippen LogP contribution in [0.15, 0.2) is 109 Å². The Labute approximate surface area is 372 Å². The average molecular weight is 975 g/mol. The minimum Gasteiger partial charge on any atom is -0.509 e. The van der Waals surface area contributed by atoms with Gasteiger partial charge in [-0.3, -0.25) is 0 Å². The standard InChI is InChI=1S/C54H59N4O.Pt/c1-13-54(12,14-2)38-18-17-19-40(28-38)57-35-58(57,49-21-16-15-20-48(49)57)41-29-39(53(9,10)11)30-43(33-41)59-42-23-25-45-44-24-22-36(51(3,4)5)31-46(44)56(47(45)34-42)50-32-37(26-27-55-50)52(6,7)8;/h15-32,35H,13-14H2,1-12H3;/q-1;/t57-,58?;/m0./s1. The van der Waals surface area contributed by atoms with Crippen molar-refractivity contribution in [1.82, 2.24) is 18.7 Å². The van der Waals surface area contributed by atoms with Crippen molar-refractivity contribution in [2.75, 3.05) is 0 Å². The Morgan fingerprint density at radius 1 is 0.600 bits per heavy atom. The monoisotopic (exact) mass is 974 g/mol. The van der Waals surface area contributed by atoms with Gasteiger partial charge in [0.25, 0.3) is 0 Å². The van der Waals surface area contributed by atoms with Crippen LogP contribution in [0.3, 0.4) is 0 Å². The molecule has 0 saturated carbocycles. The molecule has 0 aliphatic carbocycles. The van der Waals surface area contributed by atoms with Gasteiger partial charge in [0.05, 0.1) is 5.69 Å². The van der Waals surface area contributed by atoms with Crippen molar-refractivity contribution < 1.29 is 25.8 Å². The van der Waals surface area contributed by atoms with E-state index in [0.29, 0.717) is 20.7 Å². The first-order valence-corrected chi connectivity index (χ1v) is 21.4. The molecular weight excluding hydrogens is 916 g/mol. The minimum absolute atomic E-state index is 0. The molecule has 1 unspecified atom stereocenters. The SMILES string of the molecule is CCC(C)(CC)c1cccc([N@+]23[CH-][N+]2(c2[c-]c(Oc4[c-]c5c(cc4)c4ccc(C(C)(C)C)cc4n5-c4cc(C(C)(C)C)ccn4)cc(C(C)(C)C)c2)c2ccccc23)c1.[Pt]. The van der Waals surface area contributed by atoms with E-state index >= 15 is 0 Å². The maximum Gasteiger partial charge on any atom is 0.225 e. The third kappa shape index (κ3) is 6.41. The van der Waals surface area contributed by atoms with Gasteiger partial charge in [-0.2, -0.15) is 10.7 Å². The van der Waals surface area contributed by atoms with Crippen molar-refractivity contribution in [1.29, 1.82) is 0 Å². The van der Waals surface area contributed by atoms with Gasteiger partial charge in [0.1, 0.15) is 5.82 Å². The normalized spacial score (nSPS) is 18.7. The summed E-state index contributed by atoms with van der Waals surface area (Å²) in [5.41, 5.74) is 12.0. The smallest absolute Gasteiger partial charge is 0.225 e. The van der Waals surface area contributed by atoms with Crippen molar-refractivity contribution in [3.05, 3.63) is 150 Å². The summed E-state index contributed by atoms with van der Waals surface area (Å²) in [6, 6.07) is 45.7. The molecule has 312 valence electrons. The number of fused-ring (bicyclic) bond motifs is 7. The van der Waals surface area contributed by atoms with Crippen molar-refractivity contribution >= 4 is 44.6 Å². The van der Waals surface area contributed by atoms with E-state index in [1.807, 2.05) is 6.20 Å². The summed E-state index contributed by atoms with van der Waals surface area (Å²) < 4.78 is 10.4. The molecule has 0 N–H and O–H groups in total. The molecule has 2 aromatic heterocycles. The predicted octanol–water partition coefficient (Wildman–Crippen LogP) is 14.9. The molecule has 2 aliphatic rings. The number of rotatable bonds is 8. The Balaban J connectivity index is 0.00000499. The Morgan fingerprint density at radius 2 is 1.25 bits per heavy atom. The fourth-order valence-electron chi connectivity index (χ4n) is 9.19. The first-order valence-electron chi connectivity index (χ1n) is 21.4. The van der Waals surface area contributed by atoms with Crippen molar-refractivity contribution in [2.45, 2.75) is 118 Å². The first kappa shape index (κ1) is 42.2. The third-order valence-electron chi connectivity index (χ3n) is 13.5. The summed E-state index contributed by atoms with van der Waals surface area (Å²) in [7, 11) is 0. The summed E-state index contributed by atoms with van der Waals surface area (Å²) in [6.07, 6.45) is 4.12. The molecule has 0 amide bonds. The second-order valence-electron chi connectivity index (χ2n) is 20.3. The van der Waals surface area contributed by atoms with E-state index in [4.69, 9.17) is 9.72 Å². The van der Waals surface area contributed by atoms with Gasteiger partial charge in [-0.1, -0.05) is 131 Å². The second kappa shape index (κ2) is 14.3. The van der Waals surface area contributed by atoms with Crippen LogP contribution < -0.4 is 13.9 Å². The zero-order chi connectivity index (χ0) is 41.9. The molecule has 0 radical (unpaired) electrons. The number of quaternary nitrogens is 2. The zero-order valence-corrected chi connectivity index (χ0v) is 39.7. The maximum absolute atomic E-state index is 6.93. The quantitative estimate of drug-likeness (QED) is 0.0862. The number of aromatic nitrogens is 2. The van der Waals surface area contributed by atoms with Gasteiger partial charge in [-0.15, -0.1) is 35.2 Å². The van der Waals surface area contributed by atoms with Crippen molar-refractivity contribution in [2.24, 2.45) is 0 Å². The number of nitrogens with zero attached hydrogens (tertiary/aromatic N) is 4. The number of pyridine rings is 1. The summed E-state index contributed by atoms with van der Waals surface area (Å²) in [5, 5.41) is 2.28. The second-order valence-corrected chi connectivity index (χ2v) is 20.3. The van der Waals surface area contributed by atoms with Gasteiger partial charge >= 0.3 is 0 Å². The molecular formula is C54H59N4OPt-. The van der Waals surface area contributed by atoms with Crippen molar-refractivity contribution in [3.63, 3.8) is 0 Å². The fourth-order valence-corrected chi connectivity index (χ4v) is 9.19. The molecule has 1 saturated heterocycles. The van der Waals surface area contributed by atoms with E-state index in [1.165, 1.54) is 44.7 Å². The summed E-state index contributed by atoms with van der Waals surface area (Å²) >= 11 is 0. The van der Waals surface area contributed by atoms with Crippen molar-refractivity contribution in [3.8, 4) is 17.3 Å². The van der Waals surface area contributed by atoms with Crippen LogP contribution >= 0.6 is 0 Å². The Bertz CT molecular complexity index is 2790. The number of hydrogen-bond acceptors (Lipinski definition) is 2. The van der Waals surface area contributed by atoms with E-state index in [1.54, 1.807) is 0 Å². The van der Waals surface area contributed by atoms with Gasteiger partial charge in [0, 0.05) is 68.5 Å². The van der Waals surface area contributed by atoms with Crippen LogP contribution in [0.2, 0.25) is 0 Å². The van der Waals surface area contributed by atoms with E-state index in [-0.39, 0.29) is 42.7 Å². The van der Waals surface area contributed by atoms with Crippen LogP contribution in [-0.2, 0) is 42.7 Å². The zero-order valence-electron chi connectivity index (χ0n) is 37.4. The molecule has 5 aromatic carbocycles. The van der Waals surface area contributed by atoms with Crippen LogP contribution in [0.4, 0.5) is 22.7 Å². The van der Waals surface area contributed by atoms with Gasteiger partial charge in [-0.25, -0.2) is 9.58 Å². The van der Waals surface area contributed by atoms with Gasteiger partial charge < -0.3 is 9.30 Å². The molecule has 6 heteroatoms. The molecule has 4 heterocycles. The number of benzene rings is 5. The summed E-state index contributed by atoms with van der Waals surface area (Å²) in [5.74, 6) is 2.20. The van der Waals surface area contributed by atoms with E-state index in [9.17, 15) is 0 Å². The molecule has 60 heavy (non-hydrogen) atoms. The largest absolute Gasteiger partial charge is 0.509 e. The van der Waals surface area contributed by atoms with E-state index in [2.05, 4.69) is 210 Å². The van der Waals surface area contributed by atoms with Crippen LogP contribution in [0.25, 0.3) is 27.6 Å². The van der Waals surface area contributed by atoms with Crippen LogP contribution in [0.1, 0.15) is 118 Å². The van der Waals surface area contributed by atoms with Gasteiger partial charge in [0.15, 0.2) is 12.4 Å². The van der Waals surface area contributed by atoms with E-state index < -0.39 is 0 Å². The van der Waals surface area contributed by atoms with Crippen LogP contribution in [-0.4, -0.2) is 9.55 Å². The van der Waals surface area contributed by atoms with E-state index in [0.717, 1.165) is 40.8 Å². The predicted molar refractivity (Wildman–Crippen MR) is 247 cm³/mol. The number of para-hydroxylation sites is 2. The Morgan fingerprint density at radius 3 is 1.92 bits per heavy atom. The van der Waals surface area contributed by atoms with Gasteiger partial charge in [-0.05, 0) is 74.8 Å². The Hall–Kier alpha value is -4.54. The molecule has 2 aliphatic heterocycles. The van der Waals surface area contributed by atoms with Crippen LogP contribution in [0, 0.1) is 18.8 Å². The summed E-state index contributed by atoms with van der Waals surface area (Å²) in [6.45, 7) is 29.8. The van der Waals surface area contributed by atoms with Crippen LogP contribution in [0.5, 0.6) is 11.5 Å². The third-order valence-corrected chi connectivity index (χ3v) is 13.5. The Kier molecular flexibility index (Phi) is 10.0. The molecule has 9 rings (SSSR count). The molecule has 5 nitrogen and oxygen atoms in total. The topological polar surface area (TPSA) is 27.1 Å². The number of ether oxygens (including phenoxy) is 1. The minimum atomic E-state index is -0.130.